The fraction of sp³-hybridized carbons (Fsp3) is 0.312. The fourth-order valence-electron chi connectivity index (χ4n) is 2.02. The number of anilines is 1. The molecule has 0 aliphatic rings. The first-order valence-electron chi connectivity index (χ1n) is 7.21. The molecule has 1 aromatic heterocycles. The molecule has 0 saturated carbocycles. The van der Waals surface area contributed by atoms with Gasteiger partial charge in [-0.15, -0.1) is 0 Å². The highest BCUT2D eigenvalue weighted by Crippen LogP contribution is 2.23. The van der Waals surface area contributed by atoms with E-state index >= 15 is 0 Å². The van der Waals surface area contributed by atoms with Gasteiger partial charge in [-0.25, -0.2) is 4.79 Å². The normalized spacial score (nSPS) is 10.3. The van der Waals surface area contributed by atoms with Crippen LogP contribution in [0, 0.1) is 13.8 Å². The third kappa shape index (κ3) is 4.48. The molecule has 0 unspecified atom stereocenters. The monoisotopic (exact) mass is 351 g/mol. The Hall–Kier alpha value is -2.54. The standard InChI is InChI=1S/C16H18ClN3O4/c1-10-16(11(2)20(3)19-10)18-14(21)8-24-15(22)9-23-13-7-5-4-6-12(13)17/h4-7H,8-9H2,1-3H3,(H,18,21). The van der Waals surface area contributed by atoms with E-state index in [4.69, 9.17) is 21.1 Å². The zero-order valence-electron chi connectivity index (χ0n) is 13.6. The molecule has 0 saturated heterocycles. The van der Waals surface area contributed by atoms with Gasteiger partial charge in [0.2, 0.25) is 0 Å². The van der Waals surface area contributed by atoms with Gasteiger partial charge in [0.1, 0.15) is 5.75 Å². The predicted octanol–water partition coefficient (Wildman–Crippen LogP) is 2.25. The topological polar surface area (TPSA) is 82.5 Å². The summed E-state index contributed by atoms with van der Waals surface area (Å²) in [5.41, 5.74) is 2.12. The molecule has 8 heteroatoms. The Bertz CT molecular complexity index is 758. The summed E-state index contributed by atoms with van der Waals surface area (Å²) in [5, 5.41) is 7.26. The van der Waals surface area contributed by atoms with Crippen molar-refractivity contribution in [2.24, 2.45) is 7.05 Å². The maximum atomic E-state index is 11.9. The molecule has 0 spiro atoms. The number of hydrogen-bond acceptors (Lipinski definition) is 5. The SMILES string of the molecule is Cc1nn(C)c(C)c1NC(=O)COC(=O)COc1ccccc1Cl. The molecule has 1 N–H and O–H groups in total. The molecular weight excluding hydrogens is 334 g/mol. The van der Waals surface area contributed by atoms with Crippen molar-refractivity contribution in [2.75, 3.05) is 18.5 Å². The quantitative estimate of drug-likeness (QED) is 0.807. The lowest BCUT2D eigenvalue weighted by molar-refractivity contribution is -0.149. The Balaban J connectivity index is 1.79. The third-order valence-corrected chi connectivity index (χ3v) is 3.63. The van der Waals surface area contributed by atoms with E-state index in [1.165, 1.54) is 0 Å². The van der Waals surface area contributed by atoms with Crippen LogP contribution in [-0.2, 0) is 21.4 Å². The molecule has 24 heavy (non-hydrogen) atoms. The number of carbonyl (C=O) groups is 2. The lowest BCUT2D eigenvalue weighted by Gasteiger charge is -2.09. The number of aromatic nitrogens is 2. The van der Waals surface area contributed by atoms with Crippen molar-refractivity contribution < 1.29 is 19.1 Å². The van der Waals surface area contributed by atoms with E-state index in [0.717, 1.165) is 5.69 Å². The molecule has 0 radical (unpaired) electrons. The van der Waals surface area contributed by atoms with Crippen LogP contribution in [0.15, 0.2) is 24.3 Å². The van der Waals surface area contributed by atoms with Gasteiger partial charge in [0.15, 0.2) is 13.2 Å². The minimum atomic E-state index is -0.662. The second kappa shape index (κ2) is 7.83. The van der Waals surface area contributed by atoms with Crippen LogP contribution in [0.2, 0.25) is 5.02 Å². The first kappa shape index (κ1) is 17.8. The molecule has 0 aliphatic carbocycles. The first-order valence-corrected chi connectivity index (χ1v) is 7.59. The Kier molecular flexibility index (Phi) is 5.81. The van der Waals surface area contributed by atoms with E-state index in [-0.39, 0.29) is 6.61 Å². The molecule has 2 rings (SSSR count). The van der Waals surface area contributed by atoms with Crippen LogP contribution in [0.3, 0.4) is 0 Å². The zero-order valence-corrected chi connectivity index (χ0v) is 14.4. The highest BCUT2D eigenvalue weighted by Gasteiger charge is 2.14. The molecule has 2 aromatic rings. The van der Waals surface area contributed by atoms with Crippen molar-refractivity contribution in [1.82, 2.24) is 9.78 Å². The number of aryl methyl sites for hydroxylation is 2. The summed E-state index contributed by atoms with van der Waals surface area (Å²) in [5.74, 6) is -0.729. The number of para-hydroxylation sites is 1. The summed E-state index contributed by atoms with van der Waals surface area (Å²) in [6.07, 6.45) is 0. The van der Waals surface area contributed by atoms with Crippen LogP contribution in [0.1, 0.15) is 11.4 Å². The van der Waals surface area contributed by atoms with Crippen LogP contribution < -0.4 is 10.1 Å². The van der Waals surface area contributed by atoms with Gasteiger partial charge < -0.3 is 14.8 Å². The van der Waals surface area contributed by atoms with Crippen molar-refractivity contribution in [2.45, 2.75) is 13.8 Å². The largest absolute Gasteiger partial charge is 0.480 e. The molecule has 128 valence electrons. The van der Waals surface area contributed by atoms with Crippen molar-refractivity contribution >= 4 is 29.2 Å². The molecule has 1 aromatic carbocycles. The van der Waals surface area contributed by atoms with Gasteiger partial charge in [-0.2, -0.15) is 5.10 Å². The minimum Gasteiger partial charge on any atom is -0.480 e. The number of benzene rings is 1. The number of amides is 1. The highest BCUT2D eigenvalue weighted by molar-refractivity contribution is 6.32. The average molecular weight is 352 g/mol. The lowest BCUT2D eigenvalue weighted by Crippen LogP contribution is -2.24. The molecular formula is C16H18ClN3O4. The van der Waals surface area contributed by atoms with Crippen molar-refractivity contribution in [3.05, 3.63) is 40.7 Å². The predicted molar refractivity (Wildman–Crippen MR) is 89.2 cm³/mol. The molecule has 0 atom stereocenters. The summed E-state index contributed by atoms with van der Waals surface area (Å²) in [6.45, 7) is 2.88. The average Bonchev–Trinajstić information content (AvgIpc) is 2.78. The van der Waals surface area contributed by atoms with Crippen LogP contribution in [0.4, 0.5) is 5.69 Å². The maximum absolute atomic E-state index is 11.9. The Morgan fingerprint density at radius 2 is 1.96 bits per heavy atom. The number of halogens is 1. The number of carbonyl (C=O) groups excluding carboxylic acids is 2. The summed E-state index contributed by atoms with van der Waals surface area (Å²) in [6, 6.07) is 6.77. The molecule has 0 aliphatic heterocycles. The van der Waals surface area contributed by atoms with Crippen LogP contribution >= 0.6 is 11.6 Å². The molecule has 7 nitrogen and oxygen atoms in total. The third-order valence-electron chi connectivity index (χ3n) is 3.32. The number of nitrogens with one attached hydrogen (secondary N) is 1. The highest BCUT2D eigenvalue weighted by atomic mass is 35.5. The number of esters is 1. The fourth-order valence-corrected chi connectivity index (χ4v) is 2.21. The van der Waals surface area contributed by atoms with Crippen molar-refractivity contribution in [1.29, 1.82) is 0 Å². The van der Waals surface area contributed by atoms with Gasteiger partial charge in [-0.05, 0) is 26.0 Å². The van der Waals surface area contributed by atoms with Crippen LogP contribution in [-0.4, -0.2) is 34.9 Å². The summed E-state index contributed by atoms with van der Waals surface area (Å²) in [4.78, 5) is 23.5. The van der Waals surface area contributed by atoms with Gasteiger partial charge in [-0.3, -0.25) is 9.48 Å². The van der Waals surface area contributed by atoms with Gasteiger partial charge in [0, 0.05) is 7.05 Å². The van der Waals surface area contributed by atoms with E-state index < -0.39 is 18.5 Å². The summed E-state index contributed by atoms with van der Waals surface area (Å²) in [7, 11) is 1.78. The number of nitrogens with zero attached hydrogens (tertiary/aromatic N) is 2. The number of hydrogen-bond donors (Lipinski definition) is 1. The van der Waals surface area contributed by atoms with Gasteiger partial charge in [-0.1, -0.05) is 23.7 Å². The lowest BCUT2D eigenvalue weighted by atomic mass is 10.3. The Morgan fingerprint density at radius 1 is 1.25 bits per heavy atom. The number of rotatable bonds is 6. The Labute approximate surface area is 144 Å². The molecule has 0 fully saturated rings. The smallest absolute Gasteiger partial charge is 0.344 e. The summed E-state index contributed by atoms with van der Waals surface area (Å²) < 4.78 is 11.8. The maximum Gasteiger partial charge on any atom is 0.344 e. The molecule has 1 heterocycles. The van der Waals surface area contributed by atoms with Crippen molar-refractivity contribution in [3.63, 3.8) is 0 Å². The van der Waals surface area contributed by atoms with Crippen molar-refractivity contribution in [3.8, 4) is 5.75 Å². The van der Waals surface area contributed by atoms with Gasteiger partial charge >= 0.3 is 5.97 Å². The molecule has 0 bridgehead atoms. The van der Waals surface area contributed by atoms with E-state index in [1.807, 2.05) is 6.92 Å². The minimum absolute atomic E-state index is 0.331. The van der Waals surface area contributed by atoms with E-state index in [1.54, 1.807) is 42.9 Å². The van der Waals surface area contributed by atoms with Crippen LogP contribution in [0.25, 0.3) is 0 Å². The number of ether oxygens (including phenoxy) is 2. The second-order valence-electron chi connectivity index (χ2n) is 5.10. The Morgan fingerprint density at radius 3 is 2.58 bits per heavy atom. The van der Waals surface area contributed by atoms with Gasteiger partial charge in [0.25, 0.3) is 5.91 Å². The second-order valence-corrected chi connectivity index (χ2v) is 5.50. The molecule has 1 amide bonds. The first-order chi connectivity index (χ1) is 11.4. The van der Waals surface area contributed by atoms with Gasteiger partial charge in [0.05, 0.1) is 22.1 Å². The zero-order chi connectivity index (χ0) is 17.7. The van der Waals surface area contributed by atoms with E-state index in [0.29, 0.717) is 22.2 Å². The van der Waals surface area contributed by atoms with Crippen LogP contribution in [0.5, 0.6) is 5.75 Å². The van der Waals surface area contributed by atoms with E-state index in [9.17, 15) is 9.59 Å². The summed E-state index contributed by atoms with van der Waals surface area (Å²) >= 11 is 5.91. The van der Waals surface area contributed by atoms with E-state index in [2.05, 4.69) is 10.4 Å².